The maximum Gasteiger partial charge on any atom is 0.193 e. The largest absolute Gasteiger partial charge is 0.292 e. The Bertz CT molecular complexity index is 160. The van der Waals surface area contributed by atoms with Crippen LogP contribution in [0.3, 0.4) is 0 Å². The highest BCUT2D eigenvalue weighted by Gasteiger charge is 2.10. The van der Waals surface area contributed by atoms with Crippen molar-refractivity contribution >= 4 is 18.2 Å². The van der Waals surface area contributed by atoms with Crippen molar-refractivity contribution in [3.63, 3.8) is 0 Å². The molecule has 3 heteroatoms. The van der Waals surface area contributed by atoms with Gasteiger partial charge in [-0.1, -0.05) is 0 Å². The third kappa shape index (κ3) is 0.804. The van der Waals surface area contributed by atoms with E-state index in [2.05, 4.69) is 16.4 Å². The second-order valence-corrected chi connectivity index (χ2v) is 1.63. The van der Waals surface area contributed by atoms with Crippen molar-refractivity contribution in [2.24, 2.45) is 16.1 Å². The third-order valence-electron chi connectivity index (χ3n) is 0.922. The van der Waals surface area contributed by atoms with E-state index in [0.717, 1.165) is 0 Å². The van der Waals surface area contributed by atoms with Crippen LogP contribution in [0, 0.1) is 5.92 Å². The molecule has 0 bridgehead atoms. The Hall–Kier alpha value is -0.990. The molecule has 1 aliphatic rings. The molecule has 1 aliphatic heterocycles. The summed E-state index contributed by atoms with van der Waals surface area (Å²) in [6.45, 7) is 1.76. The van der Waals surface area contributed by atoms with E-state index in [4.69, 9.17) is 0 Å². The minimum Gasteiger partial charge on any atom is -0.292 e. The van der Waals surface area contributed by atoms with Gasteiger partial charge in [-0.25, -0.2) is 0 Å². The molecule has 1 unspecified atom stereocenters. The van der Waals surface area contributed by atoms with Crippen LogP contribution in [0.4, 0.5) is 0 Å². The number of carbonyl (C=O) groups is 1. The molecule has 0 N–H and O–H groups in total. The lowest BCUT2D eigenvalue weighted by molar-refractivity contribution is -0.113. The molecule has 0 aliphatic carbocycles. The number of carbonyl (C=O) groups excluding carboxylic acids is 1. The summed E-state index contributed by atoms with van der Waals surface area (Å²) in [6, 6.07) is 0. The molecule has 0 amide bonds. The molecule has 1 atom stereocenters. The third-order valence-corrected chi connectivity index (χ3v) is 0.922. The van der Waals surface area contributed by atoms with Gasteiger partial charge in [0.25, 0.3) is 0 Å². The SMILES string of the molecule is CC1C=NN=[C]C1=O. The van der Waals surface area contributed by atoms with Gasteiger partial charge in [0.2, 0.25) is 0 Å². The molecule has 0 saturated carbocycles. The van der Waals surface area contributed by atoms with E-state index in [-0.39, 0.29) is 11.7 Å². The van der Waals surface area contributed by atoms with Crippen LogP contribution < -0.4 is 0 Å². The summed E-state index contributed by atoms with van der Waals surface area (Å²) in [4.78, 5) is 10.5. The van der Waals surface area contributed by atoms with Gasteiger partial charge in [0.1, 0.15) is 0 Å². The molecule has 1 heterocycles. The van der Waals surface area contributed by atoms with Gasteiger partial charge in [-0.15, -0.1) is 5.10 Å². The van der Waals surface area contributed by atoms with Crippen molar-refractivity contribution < 1.29 is 4.79 Å². The molecule has 0 spiro atoms. The summed E-state index contributed by atoms with van der Waals surface area (Å²) in [7, 11) is 0. The first-order valence-corrected chi connectivity index (χ1v) is 2.34. The lowest BCUT2D eigenvalue weighted by Crippen LogP contribution is -2.15. The van der Waals surface area contributed by atoms with E-state index in [1.165, 1.54) is 6.21 Å². The molecule has 8 heavy (non-hydrogen) atoms. The molecule has 0 saturated heterocycles. The Morgan fingerprint density at radius 3 is 3.00 bits per heavy atom. The molecule has 0 aromatic heterocycles. The van der Waals surface area contributed by atoms with Crippen molar-refractivity contribution in [3.8, 4) is 0 Å². The topological polar surface area (TPSA) is 41.8 Å². The molecule has 1 rings (SSSR count). The van der Waals surface area contributed by atoms with Gasteiger partial charge in [0.05, 0.1) is 5.92 Å². The Balaban J connectivity index is 2.74. The Morgan fingerprint density at radius 1 is 1.88 bits per heavy atom. The predicted molar refractivity (Wildman–Crippen MR) is 30.1 cm³/mol. The molecule has 41 valence electrons. The van der Waals surface area contributed by atoms with Crippen molar-refractivity contribution in [2.75, 3.05) is 0 Å². The highest BCUT2D eigenvalue weighted by molar-refractivity contribution is 6.32. The lowest BCUT2D eigenvalue weighted by Gasteiger charge is -1.98. The van der Waals surface area contributed by atoms with E-state index in [1.807, 2.05) is 0 Å². The zero-order chi connectivity index (χ0) is 5.98. The fourth-order valence-electron chi connectivity index (χ4n) is 0.381. The average molecular weight is 109 g/mol. The summed E-state index contributed by atoms with van der Waals surface area (Å²) < 4.78 is 0. The summed E-state index contributed by atoms with van der Waals surface area (Å²) in [5, 5.41) is 6.76. The number of Topliss-reactive ketones (excluding diaryl/α,β-unsaturated/α-hetero) is 1. The second-order valence-electron chi connectivity index (χ2n) is 1.63. The van der Waals surface area contributed by atoms with Crippen molar-refractivity contribution in [1.29, 1.82) is 0 Å². The fraction of sp³-hybridized carbons (Fsp3) is 0.400. The number of nitrogens with zero attached hydrogens (tertiary/aromatic N) is 2. The van der Waals surface area contributed by atoms with Gasteiger partial charge in [-0.05, 0) is 6.92 Å². The normalized spacial score (nSPS) is 26.6. The lowest BCUT2D eigenvalue weighted by atomic mass is 10.1. The zero-order valence-corrected chi connectivity index (χ0v) is 4.46. The average Bonchev–Trinajstić information content (AvgIpc) is 1.77. The number of hydrogen-bond acceptors (Lipinski definition) is 3. The number of ketones is 1. The highest BCUT2D eigenvalue weighted by Crippen LogP contribution is 1.94. The van der Waals surface area contributed by atoms with Gasteiger partial charge < -0.3 is 0 Å². The molecule has 0 fully saturated rings. The molecule has 3 nitrogen and oxygen atoms in total. The Kier molecular flexibility index (Phi) is 1.20. The fourth-order valence-corrected chi connectivity index (χ4v) is 0.381. The summed E-state index contributed by atoms with van der Waals surface area (Å²) in [5.74, 6) is -0.229. The number of rotatable bonds is 0. The molecule has 0 aromatic rings. The monoisotopic (exact) mass is 109 g/mol. The first kappa shape index (κ1) is 5.15. The van der Waals surface area contributed by atoms with E-state index < -0.39 is 0 Å². The van der Waals surface area contributed by atoms with E-state index in [9.17, 15) is 4.79 Å². The highest BCUT2D eigenvalue weighted by atomic mass is 16.1. The minimum absolute atomic E-state index is 0.0972. The second kappa shape index (κ2) is 1.86. The van der Waals surface area contributed by atoms with Gasteiger partial charge >= 0.3 is 0 Å². The maximum absolute atomic E-state index is 10.5. The van der Waals surface area contributed by atoms with Crippen LogP contribution in [0.25, 0.3) is 0 Å². The van der Waals surface area contributed by atoms with Crippen molar-refractivity contribution in [2.45, 2.75) is 6.92 Å². The standard InChI is InChI=1S/C5H5N2O/c1-4-2-6-7-3-5(4)8/h2,4H,1H3. The van der Waals surface area contributed by atoms with Gasteiger partial charge in [-0.3, -0.25) is 4.79 Å². The van der Waals surface area contributed by atoms with Gasteiger partial charge in [-0.2, -0.15) is 5.10 Å². The summed E-state index contributed by atoms with van der Waals surface area (Å²) in [6.07, 6.45) is 3.72. The molecule has 1 radical (unpaired) electrons. The van der Waals surface area contributed by atoms with Crippen molar-refractivity contribution in [3.05, 3.63) is 0 Å². The van der Waals surface area contributed by atoms with Crippen LogP contribution in [0.5, 0.6) is 0 Å². The molecule has 0 aromatic carbocycles. The van der Waals surface area contributed by atoms with Crippen LogP contribution in [0.2, 0.25) is 0 Å². The van der Waals surface area contributed by atoms with Crippen molar-refractivity contribution in [1.82, 2.24) is 0 Å². The van der Waals surface area contributed by atoms with Crippen LogP contribution >= 0.6 is 0 Å². The van der Waals surface area contributed by atoms with Crippen LogP contribution in [-0.2, 0) is 4.79 Å². The van der Waals surface area contributed by atoms with Crippen LogP contribution in [-0.4, -0.2) is 18.2 Å². The molecular weight excluding hydrogens is 104 g/mol. The van der Waals surface area contributed by atoms with E-state index in [1.54, 1.807) is 6.92 Å². The summed E-state index contributed by atoms with van der Waals surface area (Å²) in [5.41, 5.74) is 0. The predicted octanol–water partition coefficient (Wildman–Crippen LogP) is 0.139. The number of hydrogen-bond donors (Lipinski definition) is 0. The maximum atomic E-state index is 10.5. The first-order valence-electron chi connectivity index (χ1n) is 2.34. The summed E-state index contributed by atoms with van der Waals surface area (Å²) >= 11 is 0. The van der Waals surface area contributed by atoms with Crippen LogP contribution in [0.15, 0.2) is 10.2 Å². The smallest absolute Gasteiger partial charge is 0.193 e. The van der Waals surface area contributed by atoms with Gasteiger partial charge in [0, 0.05) is 6.21 Å². The van der Waals surface area contributed by atoms with Gasteiger partial charge in [0.15, 0.2) is 12.0 Å². The zero-order valence-electron chi connectivity index (χ0n) is 4.46. The Labute approximate surface area is 47.1 Å². The van der Waals surface area contributed by atoms with E-state index in [0.29, 0.717) is 0 Å². The quantitative estimate of drug-likeness (QED) is 0.436. The minimum atomic E-state index is -0.132. The molecular formula is C5H5N2O. The Morgan fingerprint density at radius 2 is 2.62 bits per heavy atom. The van der Waals surface area contributed by atoms with Crippen LogP contribution in [0.1, 0.15) is 6.92 Å². The first-order chi connectivity index (χ1) is 3.80. The van der Waals surface area contributed by atoms with E-state index >= 15 is 0 Å².